The van der Waals surface area contributed by atoms with E-state index in [0.29, 0.717) is 24.7 Å². The Bertz CT molecular complexity index is 871. The Morgan fingerprint density at radius 2 is 2.11 bits per heavy atom. The molecule has 0 atom stereocenters. The number of nitrogens with zero attached hydrogens (tertiary/aromatic N) is 1. The molecule has 0 unspecified atom stereocenters. The molecule has 0 fully saturated rings. The number of aliphatic imine (C=N–C) groups is 1. The number of ether oxygens (including phenoxy) is 3. The van der Waals surface area contributed by atoms with Crippen molar-refractivity contribution in [3.8, 4) is 11.5 Å². The van der Waals surface area contributed by atoms with E-state index in [9.17, 15) is 4.79 Å². The van der Waals surface area contributed by atoms with Crippen LogP contribution < -0.4 is 9.47 Å². The summed E-state index contributed by atoms with van der Waals surface area (Å²) in [5, 5.41) is 0. The molecule has 0 N–H and O–H groups in total. The van der Waals surface area contributed by atoms with Crippen LogP contribution in [-0.2, 0) is 9.53 Å². The largest absolute Gasteiger partial charge is 0.490 e. The second-order valence-electron chi connectivity index (χ2n) is 5.78. The highest BCUT2D eigenvalue weighted by Gasteiger charge is 2.26. The van der Waals surface area contributed by atoms with Crippen LogP contribution in [0.3, 0.4) is 0 Å². The number of carbonyl (C=O) groups is 1. The molecule has 0 spiro atoms. The fourth-order valence-corrected chi connectivity index (χ4v) is 3.25. The van der Waals surface area contributed by atoms with Crippen LogP contribution in [0.1, 0.15) is 38.0 Å². The monoisotopic (exact) mass is 481 g/mol. The topological polar surface area (TPSA) is 70.3 Å². The highest BCUT2D eigenvalue weighted by molar-refractivity contribution is 14.1. The predicted molar refractivity (Wildman–Crippen MR) is 110 cm³/mol. The Morgan fingerprint density at radius 1 is 1.26 bits per heavy atom. The first-order valence-electron chi connectivity index (χ1n) is 8.78. The molecule has 7 heteroatoms. The van der Waals surface area contributed by atoms with Crippen molar-refractivity contribution in [1.82, 2.24) is 0 Å². The standard InChI is InChI=1S/C20H20INO5/c1-3-5-8-26-18-14(21)10-13(12-17(18)24-4-2)11-15-20(23)27-19(22-15)16-7-6-9-25-16/h6-7,9-12H,3-5,8H2,1-2H3. The number of hydrogen-bond acceptors (Lipinski definition) is 6. The molecular weight excluding hydrogens is 461 g/mol. The van der Waals surface area contributed by atoms with Crippen LogP contribution in [0.2, 0.25) is 0 Å². The predicted octanol–water partition coefficient (Wildman–Crippen LogP) is 4.81. The number of rotatable bonds is 8. The number of carbonyl (C=O) groups excluding carboxylic acids is 1. The number of unbranched alkanes of at least 4 members (excludes halogenated alkanes) is 1. The molecule has 1 aliphatic rings. The zero-order valence-corrected chi connectivity index (χ0v) is 17.3. The lowest BCUT2D eigenvalue weighted by molar-refractivity contribution is -0.130. The minimum atomic E-state index is -0.516. The second kappa shape index (κ2) is 9.07. The van der Waals surface area contributed by atoms with Crippen molar-refractivity contribution in [3.63, 3.8) is 0 Å². The summed E-state index contributed by atoms with van der Waals surface area (Å²) in [4.78, 5) is 16.3. The minimum Gasteiger partial charge on any atom is -0.490 e. The normalized spacial score (nSPS) is 15.0. The highest BCUT2D eigenvalue weighted by Crippen LogP contribution is 2.35. The highest BCUT2D eigenvalue weighted by atomic mass is 127. The van der Waals surface area contributed by atoms with Gasteiger partial charge < -0.3 is 18.6 Å². The lowest BCUT2D eigenvalue weighted by Crippen LogP contribution is -2.04. The van der Waals surface area contributed by atoms with Gasteiger partial charge >= 0.3 is 5.97 Å². The third-order valence-electron chi connectivity index (χ3n) is 3.73. The molecule has 1 aromatic carbocycles. The number of halogens is 1. The van der Waals surface area contributed by atoms with E-state index in [1.807, 2.05) is 19.1 Å². The molecule has 6 nitrogen and oxygen atoms in total. The summed E-state index contributed by atoms with van der Waals surface area (Å²) < 4.78 is 22.9. The molecule has 0 aliphatic carbocycles. The van der Waals surface area contributed by atoms with E-state index in [-0.39, 0.29) is 11.6 Å². The van der Waals surface area contributed by atoms with Gasteiger partial charge in [-0.25, -0.2) is 9.79 Å². The third kappa shape index (κ3) is 4.71. The second-order valence-corrected chi connectivity index (χ2v) is 6.94. The SMILES string of the molecule is CCCCOc1c(I)cc(C=C2N=C(c3ccco3)OC2=O)cc1OCC. The van der Waals surface area contributed by atoms with Gasteiger partial charge in [0.1, 0.15) is 0 Å². The third-order valence-corrected chi connectivity index (χ3v) is 4.53. The Kier molecular flexibility index (Phi) is 6.54. The van der Waals surface area contributed by atoms with Crippen molar-refractivity contribution >= 4 is 40.5 Å². The van der Waals surface area contributed by atoms with E-state index >= 15 is 0 Å². The van der Waals surface area contributed by atoms with Crippen LogP contribution in [0.25, 0.3) is 6.08 Å². The molecule has 2 heterocycles. The summed E-state index contributed by atoms with van der Waals surface area (Å²) in [6.07, 6.45) is 5.20. The number of cyclic esters (lactones) is 1. The fraction of sp³-hybridized carbons (Fsp3) is 0.300. The van der Waals surface area contributed by atoms with Gasteiger partial charge in [-0.15, -0.1) is 0 Å². The Hall–Kier alpha value is -2.29. The molecule has 1 aromatic heterocycles. The van der Waals surface area contributed by atoms with Gasteiger partial charge in [-0.1, -0.05) is 13.3 Å². The lowest BCUT2D eigenvalue weighted by Gasteiger charge is -2.14. The number of hydrogen-bond donors (Lipinski definition) is 0. The molecular formula is C20H20INO5. The van der Waals surface area contributed by atoms with E-state index in [2.05, 4.69) is 34.5 Å². The maximum absolute atomic E-state index is 12.1. The van der Waals surface area contributed by atoms with Gasteiger partial charge in [0.05, 0.1) is 23.0 Å². The molecule has 142 valence electrons. The Labute approximate surface area is 171 Å². The average Bonchev–Trinajstić information content (AvgIpc) is 3.28. The zero-order chi connectivity index (χ0) is 19.2. The van der Waals surface area contributed by atoms with Crippen molar-refractivity contribution in [3.05, 3.63) is 51.1 Å². The van der Waals surface area contributed by atoms with E-state index in [1.165, 1.54) is 6.26 Å². The smallest absolute Gasteiger partial charge is 0.363 e. The molecule has 3 rings (SSSR count). The molecule has 0 saturated carbocycles. The summed E-state index contributed by atoms with van der Waals surface area (Å²) >= 11 is 2.21. The minimum absolute atomic E-state index is 0.162. The number of furan rings is 1. The van der Waals surface area contributed by atoms with Crippen LogP contribution in [0, 0.1) is 3.57 Å². The maximum Gasteiger partial charge on any atom is 0.363 e. The van der Waals surface area contributed by atoms with Gasteiger partial charge in [-0.3, -0.25) is 0 Å². The molecule has 1 aliphatic heterocycles. The van der Waals surface area contributed by atoms with E-state index in [0.717, 1.165) is 27.7 Å². The molecule has 0 bridgehead atoms. The van der Waals surface area contributed by atoms with Crippen molar-refractivity contribution in [2.75, 3.05) is 13.2 Å². The molecule has 2 aromatic rings. The Morgan fingerprint density at radius 3 is 2.81 bits per heavy atom. The summed E-state index contributed by atoms with van der Waals surface area (Å²) in [7, 11) is 0. The first-order chi connectivity index (χ1) is 13.1. The fourth-order valence-electron chi connectivity index (χ4n) is 2.47. The van der Waals surface area contributed by atoms with Crippen LogP contribution in [0.15, 0.2) is 45.6 Å². The Balaban J connectivity index is 1.90. The number of benzene rings is 1. The molecule has 27 heavy (non-hydrogen) atoms. The van der Waals surface area contributed by atoms with Crippen LogP contribution >= 0.6 is 22.6 Å². The first-order valence-corrected chi connectivity index (χ1v) is 9.85. The van der Waals surface area contributed by atoms with Crippen LogP contribution in [0.5, 0.6) is 11.5 Å². The molecule has 0 radical (unpaired) electrons. The maximum atomic E-state index is 12.1. The van der Waals surface area contributed by atoms with Crippen molar-refractivity contribution in [1.29, 1.82) is 0 Å². The van der Waals surface area contributed by atoms with Crippen molar-refractivity contribution < 1.29 is 23.4 Å². The summed E-state index contributed by atoms with van der Waals surface area (Å²) in [6, 6.07) is 7.16. The van der Waals surface area contributed by atoms with E-state index in [4.69, 9.17) is 18.6 Å². The zero-order valence-electron chi connectivity index (χ0n) is 15.2. The van der Waals surface area contributed by atoms with Gasteiger partial charge in [0, 0.05) is 0 Å². The van der Waals surface area contributed by atoms with Crippen molar-refractivity contribution in [2.45, 2.75) is 26.7 Å². The van der Waals surface area contributed by atoms with E-state index < -0.39 is 5.97 Å². The summed E-state index contributed by atoms with van der Waals surface area (Å²) in [6.45, 7) is 5.19. The molecule has 0 amide bonds. The first kappa shape index (κ1) is 19.5. The van der Waals surface area contributed by atoms with Gasteiger partial charge in [0.2, 0.25) is 0 Å². The van der Waals surface area contributed by atoms with Gasteiger partial charge in [0.25, 0.3) is 5.90 Å². The summed E-state index contributed by atoms with van der Waals surface area (Å²) in [5.41, 5.74) is 0.987. The molecule has 0 saturated heterocycles. The van der Waals surface area contributed by atoms with Crippen LogP contribution in [0.4, 0.5) is 0 Å². The lowest BCUT2D eigenvalue weighted by atomic mass is 10.1. The van der Waals surface area contributed by atoms with Gasteiger partial charge in [-0.05, 0) is 71.8 Å². The van der Waals surface area contributed by atoms with Gasteiger partial charge in [0.15, 0.2) is 23.0 Å². The van der Waals surface area contributed by atoms with Gasteiger partial charge in [-0.2, -0.15) is 0 Å². The average molecular weight is 481 g/mol. The van der Waals surface area contributed by atoms with Crippen molar-refractivity contribution in [2.24, 2.45) is 4.99 Å². The summed E-state index contributed by atoms with van der Waals surface area (Å²) in [5.74, 6) is 1.43. The quantitative estimate of drug-likeness (QED) is 0.234. The van der Waals surface area contributed by atoms with Crippen LogP contribution in [-0.4, -0.2) is 25.1 Å². The number of esters is 1. The van der Waals surface area contributed by atoms with E-state index in [1.54, 1.807) is 18.2 Å².